The van der Waals surface area contributed by atoms with E-state index >= 15 is 0 Å². The van der Waals surface area contributed by atoms with Crippen molar-refractivity contribution in [2.45, 2.75) is 45.4 Å². The van der Waals surface area contributed by atoms with Crippen LogP contribution in [-0.4, -0.2) is 24.9 Å². The van der Waals surface area contributed by atoms with Gasteiger partial charge in [0.25, 0.3) is 0 Å². The summed E-state index contributed by atoms with van der Waals surface area (Å²) in [4.78, 5) is 20.7. The highest BCUT2D eigenvalue weighted by Crippen LogP contribution is 2.12. The molecule has 0 aromatic rings. The second-order valence-corrected chi connectivity index (χ2v) is 3.46. The van der Waals surface area contributed by atoms with Gasteiger partial charge in [0.2, 0.25) is 0 Å². The van der Waals surface area contributed by atoms with Gasteiger partial charge >= 0.3 is 5.97 Å². The zero-order valence-electron chi connectivity index (χ0n) is 9.46. The van der Waals surface area contributed by atoms with Crippen LogP contribution in [0.25, 0.3) is 0 Å². The fourth-order valence-corrected chi connectivity index (χ4v) is 1.34. The van der Waals surface area contributed by atoms with Gasteiger partial charge in [0.05, 0.1) is 13.2 Å². The number of nitrogens with two attached hydrogens (primary N) is 1. The maximum Gasteiger partial charge on any atom is 0.319 e. The minimum absolute atomic E-state index is 0.0200. The highest BCUT2D eigenvalue weighted by molar-refractivity contribution is 5.78. The van der Waals surface area contributed by atoms with E-state index in [0.717, 1.165) is 25.7 Å². The van der Waals surface area contributed by atoms with E-state index in [-0.39, 0.29) is 12.5 Å². The molecule has 15 heavy (non-hydrogen) atoms. The number of ether oxygens (including phenoxy) is 1. The average molecular weight is 215 g/mol. The Labute approximate surface area is 91.2 Å². The highest BCUT2D eigenvalue weighted by Gasteiger charge is 2.04. The molecule has 1 rings (SSSR count). The van der Waals surface area contributed by atoms with Gasteiger partial charge in [-0.3, -0.25) is 9.59 Å². The van der Waals surface area contributed by atoms with Crippen molar-refractivity contribution < 1.29 is 14.3 Å². The lowest BCUT2D eigenvalue weighted by atomic mass is 10.2. The van der Waals surface area contributed by atoms with Crippen molar-refractivity contribution in [1.82, 2.24) is 0 Å². The van der Waals surface area contributed by atoms with E-state index in [0.29, 0.717) is 12.4 Å². The first-order valence-electron chi connectivity index (χ1n) is 5.58. The Kier molecular flexibility index (Phi) is 9.07. The van der Waals surface area contributed by atoms with Gasteiger partial charge in [-0.15, -0.1) is 0 Å². The predicted octanol–water partition coefficient (Wildman–Crippen LogP) is 1.42. The molecule has 4 nitrogen and oxygen atoms in total. The molecule has 1 fully saturated rings. The monoisotopic (exact) mass is 215 g/mol. The molecular weight excluding hydrogens is 194 g/mol. The Hall–Kier alpha value is -0.900. The van der Waals surface area contributed by atoms with E-state index in [9.17, 15) is 9.59 Å². The van der Waals surface area contributed by atoms with E-state index < -0.39 is 0 Å². The summed E-state index contributed by atoms with van der Waals surface area (Å²) in [5.74, 6) is 0.130. The second-order valence-electron chi connectivity index (χ2n) is 3.46. The van der Waals surface area contributed by atoms with Gasteiger partial charge < -0.3 is 10.5 Å². The lowest BCUT2D eigenvalue weighted by molar-refractivity contribution is -0.141. The molecular formula is C11H21NO3. The van der Waals surface area contributed by atoms with Gasteiger partial charge in [-0.05, 0) is 19.8 Å². The topological polar surface area (TPSA) is 69.4 Å². The van der Waals surface area contributed by atoms with E-state index in [1.54, 1.807) is 6.92 Å². The molecule has 0 saturated heterocycles. The third-order valence-corrected chi connectivity index (χ3v) is 2.13. The molecule has 0 aromatic carbocycles. The maximum absolute atomic E-state index is 10.7. The Morgan fingerprint density at radius 1 is 1.27 bits per heavy atom. The van der Waals surface area contributed by atoms with Crippen molar-refractivity contribution in [3.63, 3.8) is 0 Å². The molecule has 0 amide bonds. The average Bonchev–Trinajstić information content (AvgIpc) is 2.47. The van der Waals surface area contributed by atoms with Crippen LogP contribution in [0.3, 0.4) is 0 Å². The van der Waals surface area contributed by atoms with Gasteiger partial charge in [0, 0.05) is 12.8 Å². The summed E-state index contributed by atoms with van der Waals surface area (Å²) < 4.78 is 4.43. The summed E-state index contributed by atoms with van der Waals surface area (Å²) in [5, 5.41) is 0. The molecule has 1 aliphatic carbocycles. The molecule has 0 radical (unpaired) electrons. The summed E-state index contributed by atoms with van der Waals surface area (Å²) in [6, 6.07) is 0. The fraction of sp³-hybridized carbons (Fsp3) is 0.818. The summed E-state index contributed by atoms with van der Waals surface area (Å²) in [5.41, 5.74) is 4.88. The number of Topliss-reactive ketones (excluding diaryl/α,β-unsaturated/α-hetero) is 1. The zero-order valence-corrected chi connectivity index (χ0v) is 9.46. The summed E-state index contributed by atoms with van der Waals surface area (Å²) in [6.07, 6.45) is 6.51. The van der Waals surface area contributed by atoms with E-state index in [2.05, 4.69) is 4.74 Å². The summed E-state index contributed by atoms with van der Waals surface area (Å²) in [6.45, 7) is 2.14. The molecule has 0 spiro atoms. The second kappa shape index (κ2) is 9.65. The third-order valence-electron chi connectivity index (χ3n) is 2.13. The highest BCUT2D eigenvalue weighted by atomic mass is 16.5. The first-order valence-corrected chi connectivity index (χ1v) is 5.58. The van der Waals surface area contributed by atoms with Gasteiger partial charge in [0.1, 0.15) is 5.78 Å². The van der Waals surface area contributed by atoms with Crippen molar-refractivity contribution in [2.24, 2.45) is 5.73 Å². The third kappa shape index (κ3) is 9.41. The molecule has 4 heteroatoms. The summed E-state index contributed by atoms with van der Waals surface area (Å²) >= 11 is 0. The van der Waals surface area contributed by atoms with Crippen LogP contribution in [0, 0.1) is 0 Å². The lowest BCUT2D eigenvalue weighted by Gasteiger charge is -1.93. The normalized spacial score (nSPS) is 16.0. The standard InChI is InChI=1S/C7H12O.C4H9NO2/c8-7-5-3-1-2-4-6-7;1-2-7-4(6)3-5/h1-6H2;2-3,5H2,1H3. The molecule has 1 saturated carbocycles. The Bertz CT molecular complexity index is 182. The number of esters is 1. The van der Waals surface area contributed by atoms with E-state index in [1.165, 1.54) is 12.8 Å². The van der Waals surface area contributed by atoms with Gasteiger partial charge in [0.15, 0.2) is 0 Å². The summed E-state index contributed by atoms with van der Waals surface area (Å²) in [7, 11) is 0. The molecule has 0 atom stereocenters. The minimum Gasteiger partial charge on any atom is -0.465 e. The lowest BCUT2D eigenvalue weighted by Crippen LogP contribution is -2.16. The zero-order chi connectivity index (χ0) is 11.5. The number of carbonyl (C=O) groups is 2. The molecule has 1 aliphatic rings. The molecule has 0 bridgehead atoms. The Morgan fingerprint density at radius 2 is 1.80 bits per heavy atom. The first-order chi connectivity index (χ1) is 7.20. The minimum atomic E-state index is -0.345. The van der Waals surface area contributed by atoms with Crippen LogP contribution in [0.1, 0.15) is 45.4 Å². The smallest absolute Gasteiger partial charge is 0.319 e. The number of carbonyl (C=O) groups excluding carboxylic acids is 2. The molecule has 88 valence electrons. The van der Waals surface area contributed by atoms with E-state index in [1.807, 2.05) is 0 Å². The molecule has 0 heterocycles. The number of rotatable bonds is 2. The molecule has 0 unspecified atom stereocenters. The molecule has 0 aromatic heterocycles. The van der Waals surface area contributed by atoms with Crippen LogP contribution in [0.2, 0.25) is 0 Å². The van der Waals surface area contributed by atoms with Crippen LogP contribution in [0.15, 0.2) is 0 Å². The van der Waals surface area contributed by atoms with Crippen molar-refractivity contribution in [3.8, 4) is 0 Å². The van der Waals surface area contributed by atoms with Crippen LogP contribution in [0.4, 0.5) is 0 Å². The van der Waals surface area contributed by atoms with Crippen molar-refractivity contribution in [3.05, 3.63) is 0 Å². The molecule has 2 N–H and O–H groups in total. The van der Waals surface area contributed by atoms with Crippen LogP contribution >= 0.6 is 0 Å². The van der Waals surface area contributed by atoms with Gasteiger partial charge in [-0.2, -0.15) is 0 Å². The Balaban J connectivity index is 0.000000265. The number of hydrogen-bond acceptors (Lipinski definition) is 4. The SMILES string of the molecule is CCOC(=O)CN.O=C1CCCCCC1. The predicted molar refractivity (Wildman–Crippen MR) is 58.4 cm³/mol. The van der Waals surface area contributed by atoms with Crippen LogP contribution in [0.5, 0.6) is 0 Å². The molecule has 0 aliphatic heterocycles. The van der Waals surface area contributed by atoms with Crippen molar-refractivity contribution in [1.29, 1.82) is 0 Å². The van der Waals surface area contributed by atoms with Gasteiger partial charge in [-0.1, -0.05) is 12.8 Å². The Morgan fingerprint density at radius 3 is 2.13 bits per heavy atom. The van der Waals surface area contributed by atoms with Crippen LogP contribution in [-0.2, 0) is 14.3 Å². The largest absolute Gasteiger partial charge is 0.465 e. The van der Waals surface area contributed by atoms with Crippen molar-refractivity contribution in [2.75, 3.05) is 13.2 Å². The maximum atomic E-state index is 10.7. The number of hydrogen-bond donors (Lipinski definition) is 1. The van der Waals surface area contributed by atoms with Gasteiger partial charge in [-0.25, -0.2) is 0 Å². The van der Waals surface area contributed by atoms with Crippen molar-refractivity contribution >= 4 is 11.8 Å². The van der Waals surface area contributed by atoms with Crippen LogP contribution < -0.4 is 5.73 Å². The van der Waals surface area contributed by atoms with E-state index in [4.69, 9.17) is 5.73 Å². The first kappa shape index (κ1) is 14.1. The fourth-order valence-electron chi connectivity index (χ4n) is 1.34. The quantitative estimate of drug-likeness (QED) is 0.558. The number of ketones is 1.